The molecule has 2 aromatic heterocycles. The van der Waals surface area contributed by atoms with E-state index in [0.717, 1.165) is 53.4 Å². The Morgan fingerprint density at radius 2 is 1.86 bits per heavy atom. The van der Waals surface area contributed by atoms with Gasteiger partial charge in [0.1, 0.15) is 11.5 Å². The maximum Gasteiger partial charge on any atom is 0.296 e. The average molecular weight is 395 g/mol. The number of H-pyrrole nitrogens is 1. The first kappa shape index (κ1) is 18.3. The van der Waals surface area contributed by atoms with Gasteiger partial charge in [-0.05, 0) is 51.0 Å². The molecule has 0 saturated carbocycles. The van der Waals surface area contributed by atoms with E-state index in [2.05, 4.69) is 20.2 Å². The van der Waals surface area contributed by atoms with Gasteiger partial charge in [0.15, 0.2) is 0 Å². The Morgan fingerprint density at radius 3 is 2.57 bits per heavy atom. The highest BCUT2D eigenvalue weighted by Gasteiger charge is 2.23. The molecule has 8 nitrogen and oxygen atoms in total. The second kappa shape index (κ2) is 7.51. The van der Waals surface area contributed by atoms with E-state index in [1.54, 1.807) is 13.1 Å². The number of aromatic amines is 1. The quantitative estimate of drug-likeness (QED) is 0.542. The first-order valence-electron chi connectivity index (χ1n) is 9.19. The van der Waals surface area contributed by atoms with Crippen molar-refractivity contribution in [2.24, 2.45) is 5.10 Å². The molecule has 3 aromatic rings. The zero-order chi connectivity index (χ0) is 19.7. The van der Waals surface area contributed by atoms with Crippen LogP contribution in [-0.2, 0) is 0 Å². The molecule has 3 heterocycles. The minimum Gasteiger partial charge on any atom is -0.356 e. The number of anilines is 1. The molecular weight excluding hydrogens is 374 g/mol. The lowest BCUT2D eigenvalue weighted by Crippen LogP contribution is -2.24. The number of nitrogens with zero attached hydrogens (tertiary/aromatic N) is 6. The van der Waals surface area contributed by atoms with E-state index in [9.17, 15) is 4.79 Å². The van der Waals surface area contributed by atoms with Crippen LogP contribution in [0.25, 0.3) is 5.69 Å². The van der Waals surface area contributed by atoms with Crippen molar-refractivity contribution in [2.75, 3.05) is 18.0 Å². The van der Waals surface area contributed by atoms with Crippen LogP contribution in [0.2, 0.25) is 0 Å². The number of aromatic nitrogens is 5. The number of benzene rings is 1. The zero-order valence-corrected chi connectivity index (χ0v) is 16.6. The van der Waals surface area contributed by atoms with Crippen molar-refractivity contribution < 1.29 is 0 Å². The highest BCUT2D eigenvalue weighted by atomic mass is 32.1. The fourth-order valence-electron chi connectivity index (χ4n) is 3.35. The van der Waals surface area contributed by atoms with Gasteiger partial charge in [-0.1, -0.05) is 18.2 Å². The van der Waals surface area contributed by atoms with E-state index in [0.29, 0.717) is 5.69 Å². The van der Waals surface area contributed by atoms with Crippen LogP contribution in [0.3, 0.4) is 0 Å². The topological polar surface area (TPSA) is 84.1 Å². The van der Waals surface area contributed by atoms with Crippen molar-refractivity contribution >= 4 is 24.3 Å². The van der Waals surface area contributed by atoms with Crippen LogP contribution in [0.1, 0.15) is 29.8 Å². The first-order valence-corrected chi connectivity index (χ1v) is 9.60. The van der Waals surface area contributed by atoms with Crippen LogP contribution in [0.4, 0.5) is 5.82 Å². The third kappa shape index (κ3) is 3.29. The van der Waals surface area contributed by atoms with Gasteiger partial charge in [-0.25, -0.2) is 4.68 Å². The van der Waals surface area contributed by atoms with Gasteiger partial charge in [0, 0.05) is 13.1 Å². The molecular formula is C19H21N7OS. The number of nitrogens with one attached hydrogen (secondary N) is 1. The molecule has 0 amide bonds. The van der Waals surface area contributed by atoms with Crippen LogP contribution in [0, 0.1) is 18.6 Å². The number of hydrogen-bond acceptors (Lipinski definition) is 6. The van der Waals surface area contributed by atoms with Gasteiger partial charge in [-0.15, -0.1) is 0 Å². The van der Waals surface area contributed by atoms with Gasteiger partial charge in [-0.3, -0.25) is 9.89 Å². The molecule has 0 radical (unpaired) electrons. The van der Waals surface area contributed by atoms with E-state index in [1.165, 1.54) is 0 Å². The number of aryl methyl sites for hydroxylation is 2. The predicted molar refractivity (Wildman–Crippen MR) is 111 cm³/mol. The highest BCUT2D eigenvalue weighted by molar-refractivity contribution is 7.71. The fraction of sp³-hybridized carbons (Fsp3) is 0.316. The van der Waals surface area contributed by atoms with Crippen molar-refractivity contribution in [3.63, 3.8) is 0 Å². The van der Waals surface area contributed by atoms with Crippen LogP contribution in [0.15, 0.2) is 40.2 Å². The normalized spacial score (nSPS) is 14.3. The molecule has 0 unspecified atom stereocenters. The van der Waals surface area contributed by atoms with Gasteiger partial charge in [0.25, 0.3) is 5.56 Å². The van der Waals surface area contributed by atoms with Crippen LogP contribution < -0.4 is 10.5 Å². The highest BCUT2D eigenvalue weighted by Crippen LogP contribution is 2.29. The predicted octanol–water partition coefficient (Wildman–Crippen LogP) is 2.59. The Balaban J connectivity index is 1.86. The molecule has 0 spiro atoms. The lowest BCUT2D eigenvalue weighted by molar-refractivity contribution is 0.720. The van der Waals surface area contributed by atoms with Gasteiger partial charge >= 0.3 is 0 Å². The molecule has 1 aliphatic heterocycles. The maximum absolute atomic E-state index is 12.3. The van der Waals surface area contributed by atoms with E-state index in [-0.39, 0.29) is 10.3 Å². The van der Waals surface area contributed by atoms with Crippen molar-refractivity contribution in [3.05, 3.63) is 62.4 Å². The van der Waals surface area contributed by atoms with Crippen molar-refractivity contribution in [2.45, 2.75) is 26.7 Å². The summed E-state index contributed by atoms with van der Waals surface area (Å²) < 4.78 is 3.26. The number of hydrogen-bond donors (Lipinski definition) is 1. The van der Waals surface area contributed by atoms with Gasteiger partial charge in [0.05, 0.1) is 23.2 Å². The summed E-state index contributed by atoms with van der Waals surface area (Å²) in [5.74, 6) is 0.985. The van der Waals surface area contributed by atoms with Crippen molar-refractivity contribution in [1.82, 2.24) is 24.7 Å². The van der Waals surface area contributed by atoms with E-state index < -0.39 is 0 Å². The SMILES string of the molecule is Cc1nn(-c2ccccc2)c(N2CCCC2)c1C=Nn1c(=S)[nH]nc(C)c1=O. The molecule has 0 bridgehead atoms. The average Bonchev–Trinajstić information content (AvgIpc) is 3.33. The summed E-state index contributed by atoms with van der Waals surface area (Å²) in [5, 5.41) is 15.6. The Bertz CT molecular complexity index is 1140. The summed E-state index contributed by atoms with van der Waals surface area (Å²) >= 11 is 5.17. The molecule has 0 atom stereocenters. The largest absolute Gasteiger partial charge is 0.356 e. The third-order valence-electron chi connectivity index (χ3n) is 4.80. The molecule has 1 aromatic carbocycles. The Kier molecular flexibility index (Phi) is 4.91. The molecule has 1 fully saturated rings. The summed E-state index contributed by atoms with van der Waals surface area (Å²) in [4.78, 5) is 14.6. The minimum absolute atomic E-state index is 0.155. The van der Waals surface area contributed by atoms with Crippen LogP contribution in [0.5, 0.6) is 0 Å². The Labute approximate surface area is 167 Å². The molecule has 0 aliphatic carbocycles. The number of para-hydroxylation sites is 1. The molecule has 28 heavy (non-hydrogen) atoms. The maximum atomic E-state index is 12.3. The lowest BCUT2D eigenvalue weighted by Gasteiger charge is -2.20. The first-order chi connectivity index (χ1) is 13.6. The van der Waals surface area contributed by atoms with Crippen LogP contribution >= 0.6 is 12.2 Å². The standard InChI is InChI=1S/C19H21N7OS/c1-13-16(12-20-26-18(27)14(2)21-22-19(26)28)17(24-10-6-7-11-24)25(23-13)15-8-4-3-5-9-15/h3-5,8-9,12H,6-7,10-11H2,1-2H3,(H,22,28). The summed E-state index contributed by atoms with van der Waals surface area (Å²) in [6.45, 7) is 5.50. The summed E-state index contributed by atoms with van der Waals surface area (Å²) in [6.07, 6.45) is 3.95. The van der Waals surface area contributed by atoms with E-state index in [1.807, 2.05) is 41.9 Å². The van der Waals surface area contributed by atoms with Gasteiger partial charge in [0.2, 0.25) is 4.77 Å². The van der Waals surface area contributed by atoms with E-state index in [4.69, 9.17) is 17.3 Å². The Hall–Kier alpha value is -3.07. The summed E-state index contributed by atoms with van der Waals surface area (Å²) in [6, 6.07) is 10.0. The molecule has 144 valence electrons. The lowest BCUT2D eigenvalue weighted by atomic mass is 10.2. The molecule has 1 N–H and O–H groups in total. The Morgan fingerprint density at radius 1 is 1.14 bits per heavy atom. The molecule has 9 heteroatoms. The molecule has 1 saturated heterocycles. The second-order valence-electron chi connectivity index (χ2n) is 6.74. The zero-order valence-electron chi connectivity index (χ0n) is 15.8. The summed E-state index contributed by atoms with van der Waals surface area (Å²) in [7, 11) is 0. The third-order valence-corrected chi connectivity index (χ3v) is 5.07. The smallest absolute Gasteiger partial charge is 0.296 e. The van der Waals surface area contributed by atoms with Crippen LogP contribution in [-0.4, -0.2) is 44.0 Å². The van der Waals surface area contributed by atoms with Gasteiger partial charge in [-0.2, -0.15) is 20.0 Å². The molecule has 1 aliphatic rings. The van der Waals surface area contributed by atoms with Crippen molar-refractivity contribution in [1.29, 1.82) is 0 Å². The monoisotopic (exact) mass is 395 g/mol. The second-order valence-corrected chi connectivity index (χ2v) is 7.13. The van der Waals surface area contributed by atoms with E-state index >= 15 is 0 Å². The van der Waals surface area contributed by atoms with Crippen molar-refractivity contribution in [3.8, 4) is 5.69 Å². The minimum atomic E-state index is -0.337. The fourth-order valence-corrected chi connectivity index (χ4v) is 3.53. The summed E-state index contributed by atoms with van der Waals surface area (Å²) in [5.41, 5.74) is 2.67. The number of rotatable bonds is 4. The van der Waals surface area contributed by atoms with Gasteiger partial charge < -0.3 is 4.90 Å². The molecule has 4 rings (SSSR count).